The molecule has 0 amide bonds. The molecule has 2 heterocycles. The standard InChI is InChI=1S/C8H12N2.2ClH/c1-10-5-3-7-2-4-9-6-8(7)10;;/h3,5,9H,2,4,6H2,1H3;2*1H. The normalized spacial score (nSPS) is 14.1. The van der Waals surface area contributed by atoms with Crippen molar-refractivity contribution < 1.29 is 0 Å². The van der Waals surface area contributed by atoms with Crippen LogP contribution in [0.1, 0.15) is 11.3 Å². The van der Waals surface area contributed by atoms with Crippen molar-refractivity contribution in [3.63, 3.8) is 0 Å². The largest absolute Gasteiger partial charge is 0.353 e. The van der Waals surface area contributed by atoms with Crippen molar-refractivity contribution in [1.82, 2.24) is 9.88 Å². The number of aromatic nitrogens is 1. The molecule has 4 heteroatoms. The lowest BCUT2D eigenvalue weighted by Crippen LogP contribution is -2.24. The Morgan fingerprint density at radius 3 is 2.83 bits per heavy atom. The van der Waals surface area contributed by atoms with Gasteiger partial charge in [0.25, 0.3) is 0 Å². The van der Waals surface area contributed by atoms with E-state index in [0.717, 1.165) is 13.1 Å². The highest BCUT2D eigenvalue weighted by molar-refractivity contribution is 5.85. The van der Waals surface area contributed by atoms with E-state index in [0.29, 0.717) is 0 Å². The van der Waals surface area contributed by atoms with Crippen LogP contribution in [0.3, 0.4) is 0 Å². The van der Waals surface area contributed by atoms with Crippen LogP contribution < -0.4 is 5.32 Å². The van der Waals surface area contributed by atoms with E-state index in [1.54, 1.807) is 0 Å². The summed E-state index contributed by atoms with van der Waals surface area (Å²) in [5, 5.41) is 3.35. The monoisotopic (exact) mass is 208 g/mol. The molecule has 0 unspecified atom stereocenters. The molecule has 1 aliphatic rings. The van der Waals surface area contributed by atoms with E-state index in [-0.39, 0.29) is 24.8 Å². The summed E-state index contributed by atoms with van der Waals surface area (Å²) in [6.45, 7) is 2.18. The number of hydrogen-bond donors (Lipinski definition) is 1. The van der Waals surface area contributed by atoms with Crippen LogP contribution >= 0.6 is 24.8 Å². The summed E-state index contributed by atoms with van der Waals surface area (Å²) < 4.78 is 2.20. The molecule has 0 aromatic carbocycles. The van der Waals surface area contributed by atoms with Crippen LogP contribution in [0, 0.1) is 0 Å². The molecular formula is C8H14Cl2N2. The SMILES string of the molecule is Cl.Cl.Cn1ccc2c1CNCC2. The Kier molecular flexibility index (Phi) is 4.68. The van der Waals surface area contributed by atoms with Crippen molar-refractivity contribution in [2.75, 3.05) is 6.54 Å². The van der Waals surface area contributed by atoms with Crippen LogP contribution in [0.2, 0.25) is 0 Å². The summed E-state index contributed by atoms with van der Waals surface area (Å²) in [6.07, 6.45) is 3.33. The van der Waals surface area contributed by atoms with Crippen LogP contribution in [0.25, 0.3) is 0 Å². The van der Waals surface area contributed by atoms with Gasteiger partial charge in [0.15, 0.2) is 0 Å². The Morgan fingerprint density at radius 1 is 1.42 bits per heavy atom. The van der Waals surface area contributed by atoms with E-state index >= 15 is 0 Å². The van der Waals surface area contributed by atoms with Gasteiger partial charge in [-0.15, -0.1) is 24.8 Å². The van der Waals surface area contributed by atoms with E-state index in [1.165, 1.54) is 17.7 Å². The quantitative estimate of drug-likeness (QED) is 0.685. The van der Waals surface area contributed by atoms with Gasteiger partial charge in [-0.3, -0.25) is 0 Å². The number of halogens is 2. The first-order valence-corrected chi connectivity index (χ1v) is 3.72. The molecule has 0 saturated carbocycles. The lowest BCUT2D eigenvalue weighted by atomic mass is 10.1. The topological polar surface area (TPSA) is 17.0 Å². The molecule has 2 rings (SSSR count). The first kappa shape index (κ1) is 11.8. The van der Waals surface area contributed by atoms with E-state index in [2.05, 4.69) is 29.2 Å². The lowest BCUT2D eigenvalue weighted by molar-refractivity contribution is 0.610. The summed E-state index contributed by atoms with van der Waals surface area (Å²) >= 11 is 0. The molecule has 1 aliphatic heterocycles. The van der Waals surface area contributed by atoms with E-state index in [1.807, 2.05) is 0 Å². The van der Waals surface area contributed by atoms with Gasteiger partial charge in [0.1, 0.15) is 0 Å². The van der Waals surface area contributed by atoms with Gasteiger partial charge < -0.3 is 9.88 Å². The maximum absolute atomic E-state index is 3.35. The summed E-state index contributed by atoms with van der Waals surface area (Å²) in [5.74, 6) is 0. The van der Waals surface area contributed by atoms with Gasteiger partial charge in [-0.25, -0.2) is 0 Å². The number of fused-ring (bicyclic) bond motifs is 1. The molecule has 0 saturated heterocycles. The van der Waals surface area contributed by atoms with Crippen LogP contribution in [-0.2, 0) is 20.0 Å². The Morgan fingerprint density at radius 2 is 2.17 bits per heavy atom. The van der Waals surface area contributed by atoms with E-state index in [9.17, 15) is 0 Å². The number of nitrogens with zero attached hydrogens (tertiary/aromatic N) is 1. The summed E-state index contributed by atoms with van der Waals surface area (Å²) in [6, 6.07) is 2.22. The average molecular weight is 209 g/mol. The first-order chi connectivity index (χ1) is 4.88. The zero-order chi connectivity index (χ0) is 6.97. The predicted molar refractivity (Wildman–Crippen MR) is 55.3 cm³/mol. The molecule has 12 heavy (non-hydrogen) atoms. The maximum Gasteiger partial charge on any atom is 0.0362 e. The molecule has 0 atom stereocenters. The van der Waals surface area contributed by atoms with Crippen LogP contribution in [-0.4, -0.2) is 11.1 Å². The van der Waals surface area contributed by atoms with Crippen molar-refractivity contribution in [2.24, 2.45) is 7.05 Å². The maximum atomic E-state index is 3.35. The lowest BCUT2D eigenvalue weighted by Gasteiger charge is -2.14. The van der Waals surface area contributed by atoms with Crippen molar-refractivity contribution in [1.29, 1.82) is 0 Å². The fourth-order valence-corrected chi connectivity index (χ4v) is 1.51. The summed E-state index contributed by atoms with van der Waals surface area (Å²) in [5.41, 5.74) is 2.97. The molecule has 0 bridgehead atoms. The van der Waals surface area contributed by atoms with Crippen molar-refractivity contribution in [3.05, 3.63) is 23.5 Å². The number of hydrogen-bond acceptors (Lipinski definition) is 1. The number of nitrogens with one attached hydrogen (secondary N) is 1. The minimum Gasteiger partial charge on any atom is -0.353 e. The molecule has 1 aromatic rings. The van der Waals surface area contributed by atoms with Gasteiger partial charge in [0, 0.05) is 25.5 Å². The van der Waals surface area contributed by atoms with Gasteiger partial charge in [0.2, 0.25) is 0 Å². The highest BCUT2D eigenvalue weighted by Crippen LogP contribution is 2.12. The van der Waals surface area contributed by atoms with Crippen LogP contribution in [0.15, 0.2) is 12.3 Å². The fourth-order valence-electron chi connectivity index (χ4n) is 1.51. The highest BCUT2D eigenvalue weighted by Gasteiger charge is 2.09. The molecule has 0 radical (unpaired) electrons. The van der Waals surface area contributed by atoms with E-state index in [4.69, 9.17) is 0 Å². The molecule has 0 fully saturated rings. The zero-order valence-corrected chi connectivity index (χ0v) is 8.67. The van der Waals surface area contributed by atoms with Gasteiger partial charge in [-0.1, -0.05) is 0 Å². The molecule has 1 aromatic heterocycles. The summed E-state index contributed by atoms with van der Waals surface area (Å²) in [4.78, 5) is 0. The Hall–Kier alpha value is -0.180. The summed E-state index contributed by atoms with van der Waals surface area (Å²) in [7, 11) is 2.10. The second-order valence-corrected chi connectivity index (χ2v) is 2.83. The molecular weight excluding hydrogens is 195 g/mol. The minimum atomic E-state index is 0. The second-order valence-electron chi connectivity index (χ2n) is 2.83. The molecule has 1 N–H and O–H groups in total. The third kappa shape index (κ3) is 1.94. The number of rotatable bonds is 0. The Bertz CT molecular complexity index is 245. The van der Waals surface area contributed by atoms with Gasteiger partial charge >= 0.3 is 0 Å². The van der Waals surface area contributed by atoms with Crippen molar-refractivity contribution in [2.45, 2.75) is 13.0 Å². The smallest absolute Gasteiger partial charge is 0.0362 e. The second kappa shape index (κ2) is 4.75. The third-order valence-electron chi connectivity index (χ3n) is 2.16. The van der Waals surface area contributed by atoms with E-state index < -0.39 is 0 Å². The third-order valence-corrected chi connectivity index (χ3v) is 2.16. The van der Waals surface area contributed by atoms with Crippen molar-refractivity contribution >= 4 is 24.8 Å². The first-order valence-electron chi connectivity index (χ1n) is 3.72. The van der Waals surface area contributed by atoms with Crippen molar-refractivity contribution in [3.8, 4) is 0 Å². The average Bonchev–Trinajstić information content (AvgIpc) is 2.34. The minimum absolute atomic E-state index is 0. The van der Waals surface area contributed by atoms with Gasteiger partial charge in [-0.2, -0.15) is 0 Å². The Balaban J connectivity index is 0.000000605. The molecule has 70 valence electrons. The molecule has 0 aliphatic carbocycles. The highest BCUT2D eigenvalue weighted by atomic mass is 35.5. The van der Waals surface area contributed by atoms with Crippen LogP contribution in [0.4, 0.5) is 0 Å². The number of aryl methyl sites for hydroxylation is 1. The Labute approximate surface area is 85.2 Å². The zero-order valence-electron chi connectivity index (χ0n) is 7.04. The molecule has 0 spiro atoms. The van der Waals surface area contributed by atoms with Gasteiger partial charge in [-0.05, 0) is 24.6 Å². The fraction of sp³-hybridized carbons (Fsp3) is 0.500. The van der Waals surface area contributed by atoms with Crippen LogP contribution in [0.5, 0.6) is 0 Å². The molecule has 2 nitrogen and oxygen atoms in total. The van der Waals surface area contributed by atoms with Gasteiger partial charge in [0.05, 0.1) is 0 Å². The predicted octanol–water partition coefficient (Wildman–Crippen LogP) is 1.51.